The first kappa shape index (κ1) is 50.3. The Morgan fingerprint density at radius 3 is 2.42 bits per heavy atom. The number of rotatable bonds is 18. The molecule has 0 bridgehead atoms. The number of anilines is 1. The predicted octanol–water partition coefficient (Wildman–Crippen LogP) is 4.26. The van der Waals surface area contributed by atoms with Gasteiger partial charge in [-0.25, -0.2) is 0 Å². The lowest BCUT2D eigenvalue weighted by Crippen LogP contribution is -2.56. The van der Waals surface area contributed by atoms with Gasteiger partial charge in [0, 0.05) is 66.2 Å². The number of carbonyl (C=O) groups is 8. The van der Waals surface area contributed by atoms with Crippen LogP contribution >= 0.6 is 7.60 Å². The van der Waals surface area contributed by atoms with Crippen molar-refractivity contribution in [2.75, 3.05) is 4.90 Å². The van der Waals surface area contributed by atoms with Crippen LogP contribution in [-0.4, -0.2) is 91.0 Å². The molecule has 8 N–H and O–H groups in total. The number of carbonyl (C=O) groups excluding carboxylic acids is 8. The number of H-pyrrole nitrogens is 1. The van der Waals surface area contributed by atoms with Crippen molar-refractivity contribution in [1.29, 1.82) is 0 Å². The second-order valence-corrected chi connectivity index (χ2v) is 20.0. The number of imide groups is 1. The van der Waals surface area contributed by atoms with Gasteiger partial charge in [-0.15, -0.1) is 0 Å². The third kappa shape index (κ3) is 10.7. The van der Waals surface area contributed by atoms with Gasteiger partial charge in [-0.2, -0.15) is 8.78 Å². The molecule has 4 aliphatic rings. The van der Waals surface area contributed by atoms with Crippen LogP contribution in [0.4, 0.5) is 14.5 Å². The molecule has 3 aromatic carbocycles. The van der Waals surface area contributed by atoms with Crippen molar-refractivity contribution in [3.05, 3.63) is 99.7 Å². The van der Waals surface area contributed by atoms with Crippen molar-refractivity contribution >= 4 is 71.3 Å². The van der Waals surface area contributed by atoms with Gasteiger partial charge in [-0.1, -0.05) is 61.4 Å². The fourth-order valence-electron chi connectivity index (χ4n) is 9.77. The van der Waals surface area contributed by atoms with Gasteiger partial charge in [0.25, 0.3) is 11.8 Å². The van der Waals surface area contributed by atoms with Gasteiger partial charge in [-0.3, -0.25) is 53.1 Å². The molecule has 1 unspecified atom stereocenters. The molecular weight excluding hydrogens is 944 g/mol. The third-order valence-corrected chi connectivity index (χ3v) is 14.5. The highest BCUT2D eigenvalue weighted by molar-refractivity contribution is 7.52. The fourth-order valence-corrected chi connectivity index (χ4v) is 10.2. The Hall–Kier alpha value is -7.07. The molecule has 0 radical (unpaired) electrons. The average Bonchev–Trinajstić information content (AvgIpc) is 4.01. The van der Waals surface area contributed by atoms with Gasteiger partial charge < -0.3 is 36.0 Å². The zero-order valence-corrected chi connectivity index (χ0v) is 39.3. The van der Waals surface area contributed by atoms with Crippen molar-refractivity contribution < 1.29 is 61.5 Å². The number of amides is 7. The number of primary amides is 1. The van der Waals surface area contributed by atoms with E-state index in [0.29, 0.717) is 48.1 Å². The number of fused-ring (bicyclic) bond motifs is 2. The molecule has 71 heavy (non-hydrogen) atoms. The maximum Gasteiger partial charge on any atom is 0.399 e. The molecule has 1 fully saturated rings. The van der Waals surface area contributed by atoms with Crippen LogP contribution in [0.25, 0.3) is 10.9 Å². The predicted molar refractivity (Wildman–Crippen MR) is 252 cm³/mol. The second-order valence-electron chi connectivity index (χ2n) is 18.3. The van der Waals surface area contributed by atoms with Crippen LogP contribution in [0.2, 0.25) is 0 Å². The highest BCUT2D eigenvalue weighted by atomic mass is 31.2. The molecule has 8 rings (SSSR count). The van der Waals surface area contributed by atoms with Crippen LogP contribution in [-0.2, 0) is 58.4 Å². The number of halogens is 2. The van der Waals surface area contributed by atoms with Gasteiger partial charge in [0.15, 0.2) is 5.78 Å². The minimum atomic E-state index is -5.85. The Morgan fingerprint density at radius 1 is 0.915 bits per heavy atom. The topological polar surface area (TPSA) is 278 Å². The first-order valence-electron chi connectivity index (χ1n) is 23.5. The van der Waals surface area contributed by atoms with E-state index in [1.54, 1.807) is 24.3 Å². The van der Waals surface area contributed by atoms with Crippen molar-refractivity contribution in [3.63, 3.8) is 0 Å². The minimum absolute atomic E-state index is 0.0488. The van der Waals surface area contributed by atoms with E-state index >= 15 is 0 Å². The Balaban J connectivity index is 0.843. The largest absolute Gasteiger partial charge is 0.399 e. The first-order chi connectivity index (χ1) is 33.8. The molecule has 4 atom stereocenters. The smallest absolute Gasteiger partial charge is 0.370 e. The number of hydrogen-bond donors (Lipinski definition) is 7. The fraction of sp³-hybridized carbons (Fsp3) is 0.400. The number of benzene rings is 3. The summed E-state index contributed by atoms with van der Waals surface area (Å²) in [5.41, 5.74) is 4.11. The lowest BCUT2D eigenvalue weighted by molar-refractivity contribution is -0.137. The normalized spacial score (nSPS) is 19.1. The molecular formula is C50H52F2N7O11P. The van der Waals surface area contributed by atoms with Gasteiger partial charge >= 0.3 is 13.3 Å². The number of aromatic nitrogens is 1. The summed E-state index contributed by atoms with van der Waals surface area (Å²) in [5, 5.41) is 7.87. The number of para-hydroxylation sites is 1. The van der Waals surface area contributed by atoms with E-state index in [1.807, 2.05) is 12.1 Å². The third-order valence-electron chi connectivity index (χ3n) is 13.5. The van der Waals surface area contributed by atoms with E-state index in [9.17, 15) is 61.5 Å². The number of aromatic amines is 1. The van der Waals surface area contributed by atoms with Crippen LogP contribution in [0.15, 0.2) is 60.7 Å². The summed E-state index contributed by atoms with van der Waals surface area (Å²) in [6, 6.07) is 10.8. The summed E-state index contributed by atoms with van der Waals surface area (Å²) in [4.78, 5) is 129. The number of ketones is 1. The number of piperidine rings is 1. The Labute approximate surface area is 406 Å². The summed E-state index contributed by atoms with van der Waals surface area (Å²) < 4.78 is 40.4. The van der Waals surface area contributed by atoms with E-state index in [0.717, 1.165) is 48.6 Å². The first-order valence-corrected chi connectivity index (χ1v) is 25.1. The summed E-state index contributed by atoms with van der Waals surface area (Å²) in [6.07, 6.45) is 5.18. The summed E-state index contributed by atoms with van der Waals surface area (Å²) in [6.45, 7) is 0.234. The number of unbranched alkanes of at least 4 members (excludes halogenated alkanes) is 5. The molecule has 18 nitrogen and oxygen atoms in total. The molecule has 0 spiro atoms. The van der Waals surface area contributed by atoms with Crippen LogP contribution in [0, 0.1) is 11.8 Å². The van der Waals surface area contributed by atoms with Gasteiger partial charge in [-0.05, 0) is 85.5 Å². The average molecular weight is 996 g/mol. The molecule has 21 heteroatoms. The molecule has 1 aromatic heterocycles. The van der Waals surface area contributed by atoms with Crippen molar-refractivity contribution in [2.45, 2.75) is 126 Å². The molecule has 372 valence electrons. The molecule has 0 aliphatic carbocycles. The highest BCUT2D eigenvalue weighted by Gasteiger charge is 2.50. The number of Topliss-reactive ketones (excluding diaryl/α,β-unsaturated/α-hetero) is 1. The zero-order valence-electron chi connectivity index (χ0n) is 38.4. The van der Waals surface area contributed by atoms with Gasteiger partial charge in [0.05, 0.1) is 11.7 Å². The Bertz CT molecular complexity index is 2980. The van der Waals surface area contributed by atoms with E-state index in [4.69, 9.17) is 5.73 Å². The van der Waals surface area contributed by atoms with E-state index in [1.165, 1.54) is 15.9 Å². The number of nitrogens with zero attached hydrogens (tertiary/aromatic N) is 2. The SMILES string of the molecule is NC(=O)CC[C@H](NC(=O)[C@@H]1Cc2cccc3c2N1C(=O)[C@H](NC(=O)c1cc2cc(C(F)(F)P(=O)(O)O)ccc2[nH]1)CC3)C(=O)CCCCCCCC#Cc1cccc2c1CN(C1CCC(=O)NC1=O)C2=O. The number of aryl methyl sites for hydroxylation is 1. The molecule has 7 amide bonds. The van der Waals surface area contributed by atoms with Crippen LogP contribution in [0.3, 0.4) is 0 Å². The number of alkyl halides is 2. The number of nitrogens with two attached hydrogens (primary N) is 1. The van der Waals surface area contributed by atoms with Gasteiger partial charge in [0.1, 0.15) is 23.8 Å². The van der Waals surface area contributed by atoms with Crippen LogP contribution in [0.1, 0.15) is 126 Å². The van der Waals surface area contributed by atoms with Gasteiger partial charge in [0.2, 0.25) is 29.5 Å². The molecule has 5 heterocycles. The zero-order chi connectivity index (χ0) is 50.8. The lowest BCUT2D eigenvalue weighted by Gasteiger charge is -2.29. The molecule has 4 aromatic rings. The van der Waals surface area contributed by atoms with E-state index < -0.39 is 72.5 Å². The number of hydrogen-bond acceptors (Lipinski definition) is 9. The maximum atomic E-state index is 14.5. The maximum absolute atomic E-state index is 14.5. The lowest BCUT2D eigenvalue weighted by atomic mass is 9.99. The molecule has 1 saturated heterocycles. The summed E-state index contributed by atoms with van der Waals surface area (Å²) >= 11 is 0. The number of nitrogens with one attached hydrogen (secondary N) is 4. The quantitative estimate of drug-likeness (QED) is 0.0320. The molecule has 0 saturated carbocycles. The standard InChI is InChI=1S/C50H52F2N7O11P/c51-50(52,71(68,69)70)32-17-19-35-31(24-32)25-38(54-35)45(63)56-37-18-16-29-12-8-13-30-26-40(59(44(29)30)49(37)67)47(65)55-36(20-22-42(53)61)41(60)15-7-5-3-1-2-4-6-10-28-11-9-14-33-34(28)27-58(48(33)66)39-21-23-43(62)57-46(39)64/h8-9,11-14,17,19,24-25,36-37,39-40,54H,1-5,7,15-16,18,20-23,26-27H2,(H2,53,61)(H,55,65)(H,56,63)(H,57,62,64)(H2,68,69,70)/t36-,37+,39?,40-/m0/s1. The monoisotopic (exact) mass is 995 g/mol. The van der Waals surface area contributed by atoms with E-state index in [2.05, 4.69) is 32.8 Å². The van der Waals surface area contributed by atoms with Crippen molar-refractivity contribution in [3.8, 4) is 11.8 Å². The molecule has 4 aliphatic heterocycles. The second kappa shape index (κ2) is 20.7. The van der Waals surface area contributed by atoms with Crippen molar-refractivity contribution in [2.24, 2.45) is 5.73 Å². The van der Waals surface area contributed by atoms with Crippen LogP contribution in [0.5, 0.6) is 0 Å². The highest BCUT2D eigenvalue weighted by Crippen LogP contribution is 2.59. The Morgan fingerprint density at radius 2 is 1.66 bits per heavy atom. The minimum Gasteiger partial charge on any atom is -0.370 e. The summed E-state index contributed by atoms with van der Waals surface area (Å²) in [5.74, 6) is 2.32. The Kier molecular flexibility index (Phi) is 14.7. The van der Waals surface area contributed by atoms with E-state index in [-0.39, 0.29) is 85.7 Å². The van der Waals surface area contributed by atoms with Crippen molar-refractivity contribution in [1.82, 2.24) is 25.8 Å². The van der Waals surface area contributed by atoms with Crippen LogP contribution < -0.4 is 26.6 Å². The summed E-state index contributed by atoms with van der Waals surface area (Å²) in [7, 11) is -5.85.